The summed E-state index contributed by atoms with van der Waals surface area (Å²) in [4.78, 5) is 150. The molecule has 0 bridgehead atoms. The highest BCUT2D eigenvalue weighted by atomic mass is 19.2. The third-order valence-corrected chi connectivity index (χ3v) is 22.7. The van der Waals surface area contributed by atoms with Gasteiger partial charge in [-0.2, -0.15) is 0 Å². The molecule has 137 heavy (non-hydrogen) atoms. The van der Waals surface area contributed by atoms with Gasteiger partial charge in [-0.25, -0.2) is 107 Å². The molecule has 5 aromatic carbocycles. The number of halogens is 20. The number of hydrogen-bond donors (Lipinski definition) is 4. The Balaban J connectivity index is 0.000000204. The van der Waals surface area contributed by atoms with E-state index in [4.69, 9.17) is 18.9 Å². The van der Waals surface area contributed by atoms with Crippen molar-refractivity contribution in [1.29, 1.82) is 0 Å². The minimum absolute atomic E-state index is 0.0873. The summed E-state index contributed by atoms with van der Waals surface area (Å²) in [6.07, 6.45) is -8.58. The van der Waals surface area contributed by atoms with Crippen LogP contribution in [0.25, 0.3) is 0 Å². The van der Waals surface area contributed by atoms with Gasteiger partial charge in [0.15, 0.2) is 66.1 Å². The van der Waals surface area contributed by atoms with Crippen molar-refractivity contribution in [3.63, 3.8) is 0 Å². The molecule has 22 nitrogen and oxygen atoms in total. The summed E-state index contributed by atoms with van der Waals surface area (Å²) in [5.74, 6) is -16.1. The SMILES string of the molecule is COC(=O)C1=C(CF)NC2=C(C(=O)CC2)[C@@H]1c1cccc(F)c1[C@@H](F)CF.COC(=O)C1=C(CF)NC2=C(C(=O)CC2)[C@@H]1c1cccc(F)c1[C@H](F)CF.COC(=O)C1=C(CF)NC2=C(C(=O)CC2)[C@H]1c1cccc(F)c1[C@@H](F)CF.COC(=O)C1=C(CF)NC2=C(C(=O)CC2)[C@H]1c1cccc(F)c1[C@H](F)CF.COC(=O)CC(=O)CF.O=C1CCC(=O)C1.O=Cc1cccc(F)c1C(F)CF. The first-order valence-electron chi connectivity index (χ1n) is 41.6. The Kier molecular flexibility index (Phi) is 40.0. The van der Waals surface area contributed by atoms with Gasteiger partial charge in [0, 0.05) is 141 Å². The molecule has 4 N–H and O–H groups in total. The molecule has 5 aliphatic carbocycles. The number of ether oxygens (including phenoxy) is 5. The quantitative estimate of drug-likeness (QED) is 0.0131. The Morgan fingerprint density at radius 2 is 0.569 bits per heavy atom. The highest BCUT2D eigenvalue weighted by molar-refractivity contribution is 6.09. The predicted molar refractivity (Wildman–Crippen MR) is 447 cm³/mol. The number of allylic oxidation sites excluding steroid dienone is 12. The average Bonchev–Trinajstić information content (AvgIpc) is 1.75. The van der Waals surface area contributed by atoms with Crippen molar-refractivity contribution in [3.8, 4) is 0 Å². The lowest BCUT2D eigenvalue weighted by atomic mass is 9.77. The molecule has 4 aliphatic heterocycles. The molecule has 14 rings (SSSR count). The molecule has 0 saturated heterocycles. The highest BCUT2D eigenvalue weighted by Crippen LogP contribution is 2.52. The Morgan fingerprint density at radius 1 is 0.336 bits per heavy atom. The zero-order chi connectivity index (χ0) is 101. The number of hydrogen-bond acceptors (Lipinski definition) is 22. The number of nitrogens with one attached hydrogen (secondary N) is 4. The fraction of sp³-hybridized carbons (Fsp3) is 0.379. The summed E-state index contributed by atoms with van der Waals surface area (Å²) in [6.45, 7) is -12.6. The molecule has 1 unspecified atom stereocenters. The molecule has 0 aromatic heterocycles. The maximum Gasteiger partial charge on any atom is 0.336 e. The number of carbonyl (C=O) groups is 13. The van der Waals surface area contributed by atoms with E-state index in [1.54, 1.807) is 0 Å². The second-order valence-corrected chi connectivity index (χ2v) is 30.7. The van der Waals surface area contributed by atoms with Crippen molar-refractivity contribution in [3.05, 3.63) is 266 Å². The molecular weight excluding hydrogens is 1870 g/mol. The van der Waals surface area contributed by atoms with Gasteiger partial charge in [-0.15, -0.1) is 0 Å². The smallest absolute Gasteiger partial charge is 0.336 e. The Labute approximate surface area is 768 Å². The van der Waals surface area contributed by atoms with Crippen molar-refractivity contribution >= 4 is 76.6 Å². The molecule has 1 saturated carbocycles. The van der Waals surface area contributed by atoms with Crippen LogP contribution in [0.3, 0.4) is 0 Å². The first kappa shape index (κ1) is 109. The van der Waals surface area contributed by atoms with E-state index in [0.29, 0.717) is 41.9 Å². The normalized spacial score (nSPS) is 19.0. The summed E-state index contributed by atoms with van der Waals surface area (Å²) in [6, 6.07) is 17.7. The van der Waals surface area contributed by atoms with Crippen LogP contribution in [0, 0.1) is 29.1 Å². The first-order chi connectivity index (χ1) is 65.4. The van der Waals surface area contributed by atoms with E-state index in [1.807, 2.05) is 0 Å². The maximum absolute atomic E-state index is 14.3. The fourth-order valence-electron chi connectivity index (χ4n) is 16.8. The number of carbonyl (C=O) groups excluding carboxylic acids is 13. The molecule has 1 fully saturated rings. The van der Waals surface area contributed by atoms with Crippen LogP contribution in [-0.2, 0) is 81.2 Å². The van der Waals surface area contributed by atoms with E-state index in [-0.39, 0.29) is 188 Å². The lowest BCUT2D eigenvalue weighted by Gasteiger charge is -2.30. The van der Waals surface area contributed by atoms with Crippen LogP contribution in [0.2, 0.25) is 0 Å². The van der Waals surface area contributed by atoms with Crippen molar-refractivity contribution < 1.29 is 174 Å². The number of ketones is 7. The van der Waals surface area contributed by atoms with E-state index in [9.17, 15) is 150 Å². The minimum Gasteiger partial charge on any atom is -0.469 e. The van der Waals surface area contributed by atoms with Crippen LogP contribution in [0.1, 0.15) is 192 Å². The van der Waals surface area contributed by atoms with E-state index in [2.05, 4.69) is 26.0 Å². The molecule has 9 atom stereocenters. The van der Waals surface area contributed by atoms with E-state index < -0.39 is 220 Å². The number of rotatable bonds is 26. The second-order valence-electron chi connectivity index (χ2n) is 30.7. The van der Waals surface area contributed by atoms with Gasteiger partial charge in [-0.05, 0) is 78.3 Å². The highest BCUT2D eigenvalue weighted by Gasteiger charge is 2.49. The zero-order valence-electron chi connectivity index (χ0n) is 73.4. The standard InChI is InChI=1S/4C19H17F4NO3.C9H7F3O.C5H7FO3.C5H6O2/c4*1-27-19(26)18-13(8-21)24-12-5-6-14(25)17(12)16(18)9-3-2-4-10(22)15(9)11(23)7-20;10-4-8(12)9-6(5-13)2-1-3-7(9)11;1-9-5(8)2-4(7)3-6;6-4-1-2-5(7)3-4/h4*2-4,11,16,24H,5-8H2,1H3;1-3,5,8H,4H2;2-3H2,1H3;1-3H2/t2*11-,16+;2*11-,16-;;;/m1010.../s1. The molecule has 736 valence electrons. The number of dihydropyridines is 4. The van der Waals surface area contributed by atoms with Gasteiger partial charge < -0.3 is 45.0 Å². The van der Waals surface area contributed by atoms with Gasteiger partial charge in [-0.1, -0.05) is 60.7 Å². The number of benzene rings is 5. The topological polar surface area (TPSA) is 316 Å². The molecule has 0 spiro atoms. The van der Waals surface area contributed by atoms with E-state index in [1.165, 1.54) is 60.7 Å². The molecular formula is C95H88F20N4O18. The van der Waals surface area contributed by atoms with Crippen LogP contribution in [0.4, 0.5) is 87.8 Å². The first-order valence-corrected chi connectivity index (χ1v) is 41.6. The van der Waals surface area contributed by atoms with Gasteiger partial charge >= 0.3 is 29.8 Å². The van der Waals surface area contributed by atoms with Crippen LogP contribution in [0.15, 0.2) is 181 Å². The third kappa shape index (κ3) is 24.5. The average molecular weight is 1950 g/mol. The molecule has 9 aliphatic rings. The summed E-state index contributed by atoms with van der Waals surface area (Å²) >= 11 is 0. The molecule has 0 amide bonds. The summed E-state index contributed by atoms with van der Waals surface area (Å²) in [5.41, 5.74) is -2.73. The summed E-state index contributed by atoms with van der Waals surface area (Å²) in [5, 5.41) is 11.0. The minimum atomic E-state index is -2.29. The van der Waals surface area contributed by atoms with Crippen molar-refractivity contribution in [2.45, 2.75) is 132 Å². The van der Waals surface area contributed by atoms with Crippen LogP contribution < -0.4 is 21.3 Å². The Bertz CT molecular complexity index is 5190. The van der Waals surface area contributed by atoms with Gasteiger partial charge in [-0.3, -0.25) is 43.2 Å². The molecule has 0 radical (unpaired) electrons. The summed E-state index contributed by atoms with van der Waals surface area (Å²) < 4.78 is 293. The predicted octanol–water partition coefficient (Wildman–Crippen LogP) is 17.0. The second kappa shape index (κ2) is 50.4. The van der Waals surface area contributed by atoms with Crippen molar-refractivity contribution in [2.75, 3.05) is 102 Å². The number of esters is 5. The molecule has 4 heterocycles. The van der Waals surface area contributed by atoms with E-state index in [0.717, 1.165) is 65.9 Å². The zero-order valence-corrected chi connectivity index (χ0v) is 73.4. The van der Waals surface area contributed by atoms with Gasteiger partial charge in [0.2, 0.25) is 0 Å². The number of methoxy groups -OCH3 is 5. The monoisotopic (exact) mass is 1950 g/mol. The van der Waals surface area contributed by atoms with Crippen LogP contribution >= 0.6 is 0 Å². The Hall–Kier alpha value is -13.5. The molecule has 42 heteroatoms. The van der Waals surface area contributed by atoms with Crippen molar-refractivity contribution in [1.82, 2.24) is 21.3 Å². The summed E-state index contributed by atoms with van der Waals surface area (Å²) in [7, 11) is 5.46. The van der Waals surface area contributed by atoms with Gasteiger partial charge in [0.05, 0.1) is 87.1 Å². The van der Waals surface area contributed by atoms with E-state index >= 15 is 0 Å². The van der Waals surface area contributed by atoms with Crippen LogP contribution in [0.5, 0.6) is 0 Å². The lowest BCUT2D eigenvalue weighted by Crippen LogP contribution is -2.32. The maximum atomic E-state index is 14.3. The molecule has 5 aromatic rings. The number of aldehydes is 1. The van der Waals surface area contributed by atoms with Gasteiger partial charge in [0.25, 0.3) is 0 Å². The van der Waals surface area contributed by atoms with Crippen molar-refractivity contribution in [2.24, 2.45) is 0 Å². The fourth-order valence-corrected chi connectivity index (χ4v) is 16.8. The third-order valence-electron chi connectivity index (χ3n) is 22.7. The van der Waals surface area contributed by atoms with Crippen LogP contribution in [-0.4, -0.2) is 179 Å². The van der Waals surface area contributed by atoms with Gasteiger partial charge in [0.1, 0.15) is 114 Å². The number of alkyl halides is 15. The Morgan fingerprint density at radius 3 is 0.766 bits per heavy atom. The lowest BCUT2D eigenvalue weighted by molar-refractivity contribution is -0.144. The number of Topliss-reactive ketones (excluding diaryl/α,β-unsaturated/α-hetero) is 7. The largest absolute Gasteiger partial charge is 0.469 e.